The van der Waals surface area contributed by atoms with Crippen molar-refractivity contribution < 1.29 is 19.4 Å². The van der Waals surface area contributed by atoms with Crippen molar-refractivity contribution in [3.8, 4) is 11.5 Å². The number of halogens is 1. The zero-order valence-corrected chi connectivity index (χ0v) is 14.6. The van der Waals surface area contributed by atoms with Crippen molar-refractivity contribution in [1.29, 1.82) is 0 Å². The van der Waals surface area contributed by atoms with Crippen LogP contribution in [0.5, 0.6) is 11.5 Å². The fraction of sp³-hybridized carbons (Fsp3) is 0.0526. The molecule has 0 saturated heterocycles. The Morgan fingerprint density at radius 3 is 2.41 bits per heavy atom. The van der Waals surface area contributed by atoms with Gasteiger partial charge in [-0.05, 0) is 24.3 Å². The van der Waals surface area contributed by atoms with E-state index in [1.165, 1.54) is 12.4 Å². The number of hydrogen-bond donors (Lipinski definition) is 1. The van der Waals surface area contributed by atoms with Crippen LogP contribution in [0, 0.1) is 0 Å². The Hall–Kier alpha value is -3.45. The van der Waals surface area contributed by atoms with Crippen LogP contribution in [0.15, 0.2) is 60.9 Å². The topological polar surface area (TPSA) is 104 Å². The van der Waals surface area contributed by atoms with Gasteiger partial charge in [0.05, 0.1) is 5.97 Å². The fourth-order valence-electron chi connectivity index (χ4n) is 2.33. The molecule has 1 N–H and O–H groups in total. The van der Waals surface area contributed by atoms with Crippen LogP contribution < -0.4 is 15.2 Å². The molecule has 3 aromatic rings. The van der Waals surface area contributed by atoms with Gasteiger partial charge in [-0.3, -0.25) is 9.78 Å². The van der Waals surface area contributed by atoms with Crippen molar-refractivity contribution in [1.82, 2.24) is 15.3 Å². The SMILES string of the molecule is O=C([O-])c1nccnc1C(=O)NCc1c(Cl)cccc1Oc1ccccc1. The van der Waals surface area contributed by atoms with Gasteiger partial charge in [0.15, 0.2) is 5.69 Å². The standard InChI is InChI=1S/C19H14ClN3O4/c20-14-7-4-8-15(27-12-5-2-1-3-6-12)13(14)11-23-18(24)16-17(19(25)26)22-10-9-21-16/h1-10H,11H2,(H,23,24)(H,25,26)/p-1. The van der Waals surface area contributed by atoms with Crippen molar-refractivity contribution in [2.45, 2.75) is 6.54 Å². The molecule has 7 nitrogen and oxygen atoms in total. The van der Waals surface area contributed by atoms with Gasteiger partial charge in [0, 0.05) is 29.5 Å². The van der Waals surface area contributed by atoms with E-state index in [4.69, 9.17) is 16.3 Å². The number of carboxylic acid groups (broad SMARTS) is 1. The van der Waals surface area contributed by atoms with Gasteiger partial charge in [-0.15, -0.1) is 0 Å². The smallest absolute Gasteiger partial charge is 0.272 e. The first kappa shape index (κ1) is 18.3. The second-order valence-electron chi connectivity index (χ2n) is 5.36. The van der Waals surface area contributed by atoms with Crippen LogP contribution in [0.3, 0.4) is 0 Å². The summed E-state index contributed by atoms with van der Waals surface area (Å²) in [4.78, 5) is 30.8. The molecule has 0 unspecified atom stereocenters. The quantitative estimate of drug-likeness (QED) is 0.701. The molecule has 0 aliphatic carbocycles. The van der Waals surface area contributed by atoms with Gasteiger partial charge in [-0.1, -0.05) is 35.9 Å². The van der Waals surface area contributed by atoms with Crippen molar-refractivity contribution in [2.24, 2.45) is 0 Å². The third-order valence-corrected chi connectivity index (χ3v) is 3.93. The van der Waals surface area contributed by atoms with E-state index in [-0.39, 0.29) is 12.2 Å². The molecule has 0 bridgehead atoms. The highest BCUT2D eigenvalue weighted by molar-refractivity contribution is 6.31. The summed E-state index contributed by atoms with van der Waals surface area (Å²) in [7, 11) is 0. The van der Waals surface area contributed by atoms with Crippen LogP contribution in [-0.2, 0) is 6.54 Å². The predicted molar refractivity (Wildman–Crippen MR) is 95.5 cm³/mol. The lowest BCUT2D eigenvalue weighted by molar-refractivity contribution is -0.255. The van der Waals surface area contributed by atoms with E-state index >= 15 is 0 Å². The summed E-state index contributed by atoms with van der Waals surface area (Å²) in [5.41, 5.74) is -0.333. The fourth-order valence-corrected chi connectivity index (χ4v) is 2.56. The molecule has 0 fully saturated rings. The number of hydrogen-bond acceptors (Lipinski definition) is 6. The van der Waals surface area contributed by atoms with Gasteiger partial charge >= 0.3 is 0 Å². The highest BCUT2D eigenvalue weighted by Crippen LogP contribution is 2.30. The summed E-state index contributed by atoms with van der Waals surface area (Å²) >= 11 is 6.24. The number of ether oxygens (including phenoxy) is 1. The number of carbonyl (C=O) groups excluding carboxylic acids is 2. The lowest BCUT2D eigenvalue weighted by atomic mass is 10.2. The minimum Gasteiger partial charge on any atom is -0.543 e. The highest BCUT2D eigenvalue weighted by atomic mass is 35.5. The number of para-hydroxylation sites is 1. The van der Waals surface area contributed by atoms with Crippen LogP contribution in [0.25, 0.3) is 0 Å². The van der Waals surface area contributed by atoms with Gasteiger partial charge in [0.1, 0.15) is 17.2 Å². The Bertz CT molecular complexity index is 980. The summed E-state index contributed by atoms with van der Waals surface area (Å²) in [6.45, 7) is 0.00371. The summed E-state index contributed by atoms with van der Waals surface area (Å²) < 4.78 is 5.82. The zero-order chi connectivity index (χ0) is 19.2. The first-order valence-electron chi connectivity index (χ1n) is 7.87. The van der Waals surface area contributed by atoms with Gasteiger partial charge in [0.25, 0.3) is 5.91 Å². The monoisotopic (exact) mass is 382 g/mol. The van der Waals surface area contributed by atoms with Gasteiger partial charge < -0.3 is 20.0 Å². The molecular weight excluding hydrogens is 370 g/mol. The maximum Gasteiger partial charge on any atom is 0.272 e. The molecule has 0 aliphatic rings. The number of carboxylic acids is 1. The van der Waals surface area contributed by atoms with E-state index in [0.717, 1.165) is 0 Å². The summed E-state index contributed by atoms with van der Waals surface area (Å²) in [5.74, 6) is -1.22. The molecule has 0 atom stereocenters. The van der Waals surface area contributed by atoms with Crippen LogP contribution in [0.2, 0.25) is 5.02 Å². The van der Waals surface area contributed by atoms with E-state index in [0.29, 0.717) is 22.1 Å². The molecule has 136 valence electrons. The number of aromatic carboxylic acids is 1. The number of carbonyl (C=O) groups is 2. The third-order valence-electron chi connectivity index (χ3n) is 3.58. The van der Waals surface area contributed by atoms with Crippen LogP contribution in [0.4, 0.5) is 0 Å². The van der Waals surface area contributed by atoms with Crippen molar-refractivity contribution >= 4 is 23.5 Å². The Labute approximate surface area is 159 Å². The summed E-state index contributed by atoms with van der Waals surface area (Å²) in [6, 6.07) is 14.2. The lowest BCUT2D eigenvalue weighted by Gasteiger charge is -2.14. The Morgan fingerprint density at radius 2 is 1.70 bits per heavy atom. The number of amides is 1. The average Bonchev–Trinajstić information content (AvgIpc) is 2.68. The number of aromatic nitrogens is 2. The molecule has 27 heavy (non-hydrogen) atoms. The van der Waals surface area contributed by atoms with Crippen LogP contribution in [-0.4, -0.2) is 21.8 Å². The molecule has 1 amide bonds. The zero-order valence-electron chi connectivity index (χ0n) is 13.9. The molecule has 1 aromatic heterocycles. The minimum absolute atomic E-state index is 0.00371. The lowest BCUT2D eigenvalue weighted by Crippen LogP contribution is -2.31. The Balaban J connectivity index is 1.80. The number of benzene rings is 2. The molecule has 0 spiro atoms. The average molecular weight is 383 g/mol. The van der Waals surface area contributed by atoms with E-state index in [1.807, 2.05) is 18.2 Å². The molecule has 1 heterocycles. The van der Waals surface area contributed by atoms with Crippen molar-refractivity contribution in [2.75, 3.05) is 0 Å². The van der Waals surface area contributed by atoms with Gasteiger partial charge in [-0.2, -0.15) is 0 Å². The van der Waals surface area contributed by atoms with Gasteiger partial charge in [0.2, 0.25) is 0 Å². The molecule has 0 radical (unpaired) electrons. The van der Waals surface area contributed by atoms with E-state index < -0.39 is 17.6 Å². The first-order valence-corrected chi connectivity index (χ1v) is 8.25. The third kappa shape index (κ3) is 4.39. The molecule has 2 aromatic carbocycles. The molecule has 0 saturated carbocycles. The summed E-state index contributed by atoms with van der Waals surface area (Å²) in [6.07, 6.45) is 2.39. The molecular formula is C19H13ClN3O4-. The summed E-state index contributed by atoms with van der Waals surface area (Å²) in [5, 5.41) is 14.0. The Morgan fingerprint density at radius 1 is 1.00 bits per heavy atom. The second-order valence-corrected chi connectivity index (χ2v) is 5.76. The normalized spacial score (nSPS) is 10.3. The number of nitrogens with one attached hydrogen (secondary N) is 1. The molecule has 3 rings (SSSR count). The van der Waals surface area contributed by atoms with E-state index in [1.54, 1.807) is 30.3 Å². The van der Waals surface area contributed by atoms with Gasteiger partial charge in [-0.25, -0.2) is 4.98 Å². The number of nitrogens with zero attached hydrogens (tertiary/aromatic N) is 2. The van der Waals surface area contributed by atoms with E-state index in [2.05, 4.69) is 15.3 Å². The van der Waals surface area contributed by atoms with Crippen molar-refractivity contribution in [3.05, 3.63) is 82.9 Å². The largest absolute Gasteiger partial charge is 0.543 e. The van der Waals surface area contributed by atoms with Crippen molar-refractivity contribution in [3.63, 3.8) is 0 Å². The second kappa shape index (κ2) is 8.29. The highest BCUT2D eigenvalue weighted by Gasteiger charge is 2.16. The Kier molecular flexibility index (Phi) is 5.63. The molecule has 0 aliphatic heterocycles. The minimum atomic E-state index is -1.58. The van der Waals surface area contributed by atoms with Crippen LogP contribution in [0.1, 0.15) is 26.5 Å². The predicted octanol–water partition coefficient (Wildman–Crippen LogP) is 2.22. The first-order chi connectivity index (χ1) is 13.1. The maximum absolute atomic E-state index is 12.3. The number of rotatable bonds is 6. The van der Waals surface area contributed by atoms with Crippen LogP contribution >= 0.6 is 11.6 Å². The maximum atomic E-state index is 12.3. The van der Waals surface area contributed by atoms with E-state index in [9.17, 15) is 14.7 Å². The molecule has 8 heteroatoms.